The van der Waals surface area contributed by atoms with E-state index in [4.69, 9.17) is 9.15 Å². The highest BCUT2D eigenvalue weighted by molar-refractivity contribution is 5.99. The summed E-state index contributed by atoms with van der Waals surface area (Å²) in [5.74, 6) is 0.940. The molecule has 0 saturated carbocycles. The van der Waals surface area contributed by atoms with Gasteiger partial charge in [-0.2, -0.15) is 0 Å². The Morgan fingerprint density at radius 1 is 1.19 bits per heavy atom. The van der Waals surface area contributed by atoms with Gasteiger partial charge in [0.15, 0.2) is 5.76 Å². The van der Waals surface area contributed by atoms with E-state index in [9.17, 15) is 4.79 Å². The number of ketones is 1. The molecule has 0 spiro atoms. The third-order valence-electron chi connectivity index (χ3n) is 2.78. The zero-order valence-electron chi connectivity index (χ0n) is 8.55. The standard InChI is InChI=1S/C13H10O3/c14-13(12-6-3-7-15-12)10-8-16-11-5-2-1-4-9(10)11/h1-7,10H,8H2. The number of carbonyl (C=O) groups excluding carboxylic acids is 1. The highest BCUT2D eigenvalue weighted by atomic mass is 16.5. The van der Waals surface area contributed by atoms with E-state index in [2.05, 4.69) is 0 Å². The van der Waals surface area contributed by atoms with Crippen molar-refractivity contribution in [2.45, 2.75) is 5.92 Å². The molecule has 1 aromatic heterocycles. The molecule has 1 atom stereocenters. The number of benzene rings is 1. The van der Waals surface area contributed by atoms with Crippen LogP contribution in [0.1, 0.15) is 22.0 Å². The van der Waals surface area contributed by atoms with Crippen LogP contribution < -0.4 is 4.74 Å². The Morgan fingerprint density at radius 2 is 2.06 bits per heavy atom. The molecule has 0 saturated heterocycles. The van der Waals surface area contributed by atoms with Crippen LogP contribution in [0.15, 0.2) is 47.1 Å². The maximum absolute atomic E-state index is 12.1. The van der Waals surface area contributed by atoms with Gasteiger partial charge in [0.2, 0.25) is 5.78 Å². The molecule has 0 amide bonds. The molecule has 0 bridgehead atoms. The second-order valence-electron chi connectivity index (χ2n) is 3.74. The fraction of sp³-hybridized carbons (Fsp3) is 0.154. The van der Waals surface area contributed by atoms with E-state index in [1.54, 1.807) is 12.1 Å². The van der Waals surface area contributed by atoms with E-state index in [1.807, 2.05) is 24.3 Å². The molecule has 1 aliphatic heterocycles. The minimum Gasteiger partial charge on any atom is -0.492 e. The molecular weight excluding hydrogens is 204 g/mol. The van der Waals surface area contributed by atoms with E-state index in [-0.39, 0.29) is 11.7 Å². The second-order valence-corrected chi connectivity index (χ2v) is 3.74. The normalized spacial score (nSPS) is 17.9. The minimum absolute atomic E-state index is 0.0186. The Kier molecular flexibility index (Phi) is 2.03. The first kappa shape index (κ1) is 9.21. The average molecular weight is 214 g/mol. The first-order valence-corrected chi connectivity index (χ1v) is 5.16. The molecule has 3 rings (SSSR count). The van der Waals surface area contributed by atoms with Crippen molar-refractivity contribution in [2.75, 3.05) is 6.61 Å². The molecule has 0 radical (unpaired) electrons. The van der Waals surface area contributed by atoms with Gasteiger partial charge in [-0.25, -0.2) is 0 Å². The van der Waals surface area contributed by atoms with E-state index < -0.39 is 0 Å². The number of furan rings is 1. The zero-order valence-corrected chi connectivity index (χ0v) is 8.55. The van der Waals surface area contributed by atoms with Crippen molar-refractivity contribution in [2.24, 2.45) is 0 Å². The number of ether oxygens (including phenoxy) is 1. The van der Waals surface area contributed by atoms with Gasteiger partial charge in [-0.15, -0.1) is 0 Å². The molecule has 1 aromatic carbocycles. The van der Waals surface area contributed by atoms with Crippen LogP contribution in [-0.4, -0.2) is 12.4 Å². The number of Topliss-reactive ketones (excluding diaryl/α,β-unsaturated/α-hetero) is 1. The Morgan fingerprint density at radius 3 is 2.88 bits per heavy atom. The summed E-state index contributed by atoms with van der Waals surface area (Å²) in [7, 11) is 0. The smallest absolute Gasteiger partial charge is 0.208 e. The second kappa shape index (κ2) is 3.52. The minimum atomic E-state index is -0.234. The summed E-state index contributed by atoms with van der Waals surface area (Å²) in [5.41, 5.74) is 0.948. The van der Waals surface area contributed by atoms with Crippen molar-refractivity contribution in [1.29, 1.82) is 0 Å². The quantitative estimate of drug-likeness (QED) is 0.721. The number of hydrogen-bond donors (Lipinski definition) is 0. The molecule has 1 unspecified atom stereocenters. The number of fused-ring (bicyclic) bond motifs is 1. The predicted molar refractivity (Wildman–Crippen MR) is 57.7 cm³/mol. The summed E-state index contributed by atoms with van der Waals surface area (Å²) in [5, 5.41) is 0. The van der Waals surface area contributed by atoms with Gasteiger partial charge >= 0.3 is 0 Å². The van der Waals surface area contributed by atoms with Crippen LogP contribution in [0.5, 0.6) is 5.75 Å². The Hall–Kier alpha value is -2.03. The van der Waals surface area contributed by atoms with E-state index in [1.165, 1.54) is 6.26 Å². The number of hydrogen-bond acceptors (Lipinski definition) is 3. The van der Waals surface area contributed by atoms with Crippen molar-refractivity contribution in [3.8, 4) is 5.75 Å². The summed E-state index contributed by atoms with van der Waals surface area (Å²) >= 11 is 0. The van der Waals surface area contributed by atoms with Crippen LogP contribution in [0.4, 0.5) is 0 Å². The maximum Gasteiger partial charge on any atom is 0.208 e. The molecule has 0 fully saturated rings. The summed E-state index contributed by atoms with van der Waals surface area (Å²) < 4.78 is 10.6. The molecule has 2 heterocycles. The molecular formula is C13H10O3. The first-order chi connectivity index (χ1) is 7.86. The predicted octanol–water partition coefficient (Wildman–Crippen LogP) is 2.64. The van der Waals surface area contributed by atoms with Crippen molar-refractivity contribution in [3.05, 3.63) is 54.0 Å². The summed E-state index contributed by atoms with van der Waals surface area (Å²) in [4.78, 5) is 12.1. The summed E-state index contributed by atoms with van der Waals surface area (Å²) in [6, 6.07) is 11.0. The fourth-order valence-electron chi connectivity index (χ4n) is 1.97. The lowest BCUT2D eigenvalue weighted by Gasteiger charge is -2.04. The van der Waals surface area contributed by atoms with Gasteiger partial charge in [-0.3, -0.25) is 4.79 Å². The van der Waals surface area contributed by atoms with Gasteiger partial charge in [0, 0.05) is 5.56 Å². The molecule has 3 heteroatoms. The lowest BCUT2D eigenvalue weighted by Crippen LogP contribution is -2.13. The Balaban J connectivity index is 1.96. The highest BCUT2D eigenvalue weighted by Crippen LogP contribution is 2.35. The van der Waals surface area contributed by atoms with Crippen molar-refractivity contribution in [3.63, 3.8) is 0 Å². The summed E-state index contributed by atoms with van der Waals surface area (Å²) in [6.45, 7) is 0.402. The van der Waals surface area contributed by atoms with E-state index >= 15 is 0 Å². The summed E-state index contributed by atoms with van der Waals surface area (Å²) in [6.07, 6.45) is 1.51. The van der Waals surface area contributed by atoms with Gasteiger partial charge in [-0.05, 0) is 18.2 Å². The van der Waals surface area contributed by atoms with E-state index in [0.29, 0.717) is 12.4 Å². The number of para-hydroxylation sites is 1. The Bertz CT molecular complexity index is 514. The van der Waals surface area contributed by atoms with Crippen LogP contribution >= 0.6 is 0 Å². The van der Waals surface area contributed by atoms with Gasteiger partial charge in [-0.1, -0.05) is 18.2 Å². The largest absolute Gasteiger partial charge is 0.492 e. The Labute approximate surface area is 92.6 Å². The molecule has 16 heavy (non-hydrogen) atoms. The third kappa shape index (κ3) is 1.33. The van der Waals surface area contributed by atoms with Gasteiger partial charge in [0.1, 0.15) is 12.4 Å². The number of rotatable bonds is 2. The van der Waals surface area contributed by atoms with Gasteiger partial charge in [0.25, 0.3) is 0 Å². The lowest BCUT2D eigenvalue weighted by atomic mass is 9.95. The van der Waals surface area contributed by atoms with Gasteiger partial charge in [0.05, 0.1) is 12.2 Å². The van der Waals surface area contributed by atoms with Crippen molar-refractivity contribution < 1.29 is 13.9 Å². The topological polar surface area (TPSA) is 39.4 Å². The van der Waals surface area contributed by atoms with Crippen molar-refractivity contribution >= 4 is 5.78 Å². The van der Waals surface area contributed by atoms with Crippen LogP contribution in [0.3, 0.4) is 0 Å². The molecule has 1 aliphatic rings. The SMILES string of the molecule is O=C(c1ccco1)C1COc2ccccc21. The molecule has 0 aliphatic carbocycles. The zero-order chi connectivity index (χ0) is 11.0. The van der Waals surface area contributed by atoms with Crippen LogP contribution in [0, 0.1) is 0 Å². The van der Waals surface area contributed by atoms with Crippen LogP contribution in [-0.2, 0) is 0 Å². The monoisotopic (exact) mass is 214 g/mol. The van der Waals surface area contributed by atoms with E-state index in [0.717, 1.165) is 11.3 Å². The van der Waals surface area contributed by atoms with Crippen LogP contribution in [0.25, 0.3) is 0 Å². The molecule has 3 nitrogen and oxygen atoms in total. The highest BCUT2D eigenvalue weighted by Gasteiger charge is 2.31. The maximum atomic E-state index is 12.1. The van der Waals surface area contributed by atoms with Crippen LogP contribution in [0.2, 0.25) is 0 Å². The molecule has 2 aromatic rings. The molecule has 0 N–H and O–H groups in total. The lowest BCUT2D eigenvalue weighted by molar-refractivity contribution is 0.0920. The third-order valence-corrected chi connectivity index (χ3v) is 2.78. The van der Waals surface area contributed by atoms with Crippen molar-refractivity contribution in [1.82, 2.24) is 0 Å². The average Bonchev–Trinajstić information content (AvgIpc) is 2.98. The first-order valence-electron chi connectivity index (χ1n) is 5.16. The van der Waals surface area contributed by atoms with Gasteiger partial charge < -0.3 is 9.15 Å². The number of carbonyl (C=O) groups is 1. The fourth-order valence-corrected chi connectivity index (χ4v) is 1.97. The molecule has 80 valence electrons.